The number of rotatable bonds is 0. The number of hydrogen-bond donors (Lipinski definition) is 5. The average molecular weight is 342 g/mol. The van der Waals surface area contributed by atoms with Crippen LogP contribution in [-0.2, 0) is 24.0 Å². The Morgan fingerprint density at radius 3 is 0.429 bits per heavy atom. The van der Waals surface area contributed by atoms with Crippen LogP contribution in [0.25, 0.3) is 0 Å². The SMILES string of the molecule is CC(=O)O.CC(=O)O.CC(=O)O.CC(=O)O.CC(=O)O.[CaH2]. The minimum absolute atomic E-state index is 0. The van der Waals surface area contributed by atoms with Crippen molar-refractivity contribution in [2.45, 2.75) is 34.6 Å². The van der Waals surface area contributed by atoms with Crippen LogP contribution >= 0.6 is 0 Å². The average Bonchev–Trinajstić information content (AvgIpc) is 1.94. The molecule has 0 aromatic carbocycles. The van der Waals surface area contributed by atoms with Gasteiger partial charge in [0.25, 0.3) is 29.8 Å². The maximum absolute atomic E-state index is 9.00. The minimum atomic E-state index is -0.833. The van der Waals surface area contributed by atoms with Gasteiger partial charge in [-0.3, -0.25) is 24.0 Å². The molecule has 0 atom stereocenters. The van der Waals surface area contributed by atoms with Crippen molar-refractivity contribution in [1.29, 1.82) is 0 Å². The Balaban J connectivity index is -0.0000000331. The summed E-state index contributed by atoms with van der Waals surface area (Å²) >= 11 is 0. The van der Waals surface area contributed by atoms with Crippen molar-refractivity contribution in [1.82, 2.24) is 0 Å². The first-order chi connectivity index (χ1) is 8.66. The van der Waals surface area contributed by atoms with E-state index in [0.717, 1.165) is 34.6 Å². The zero-order valence-electron chi connectivity index (χ0n) is 11.8. The van der Waals surface area contributed by atoms with Crippen LogP contribution < -0.4 is 0 Å². The quantitative estimate of drug-likeness (QED) is 0.360. The van der Waals surface area contributed by atoms with Gasteiger partial charge in [0.15, 0.2) is 0 Å². The van der Waals surface area contributed by atoms with Gasteiger partial charge in [0.1, 0.15) is 0 Å². The van der Waals surface area contributed by atoms with Crippen molar-refractivity contribution < 1.29 is 49.5 Å². The van der Waals surface area contributed by atoms with Crippen LogP contribution in [-0.4, -0.2) is 93.1 Å². The molecule has 0 radical (unpaired) electrons. The molecule has 0 saturated heterocycles. The van der Waals surface area contributed by atoms with Gasteiger partial charge in [-0.15, -0.1) is 0 Å². The van der Waals surface area contributed by atoms with Gasteiger partial charge < -0.3 is 25.5 Å². The molecule has 0 aliphatic heterocycles. The van der Waals surface area contributed by atoms with Crippen molar-refractivity contribution in [3.05, 3.63) is 0 Å². The molecule has 0 amide bonds. The van der Waals surface area contributed by atoms with E-state index in [1.165, 1.54) is 0 Å². The number of aliphatic carboxylic acids is 5. The van der Waals surface area contributed by atoms with E-state index in [0.29, 0.717) is 0 Å². The summed E-state index contributed by atoms with van der Waals surface area (Å²) in [4.78, 5) is 45.0. The van der Waals surface area contributed by atoms with E-state index < -0.39 is 29.8 Å². The zero-order valence-corrected chi connectivity index (χ0v) is 11.8. The summed E-state index contributed by atoms with van der Waals surface area (Å²) in [5.41, 5.74) is 0. The Kier molecular flexibility index (Phi) is 54.4. The molecule has 0 fully saturated rings. The van der Waals surface area contributed by atoms with Crippen molar-refractivity contribution in [3.8, 4) is 0 Å². The molecule has 0 bridgehead atoms. The summed E-state index contributed by atoms with van der Waals surface area (Å²) in [6.07, 6.45) is 0. The summed E-state index contributed by atoms with van der Waals surface area (Å²) in [6.45, 7) is 5.42. The van der Waals surface area contributed by atoms with Crippen molar-refractivity contribution in [3.63, 3.8) is 0 Å². The van der Waals surface area contributed by atoms with E-state index in [9.17, 15) is 0 Å². The van der Waals surface area contributed by atoms with Crippen LogP contribution in [0.4, 0.5) is 0 Å². The number of hydrogen-bond acceptors (Lipinski definition) is 5. The third-order valence-electron chi connectivity index (χ3n) is 0. The molecule has 0 rings (SSSR count). The molecule has 0 aromatic rings. The normalized spacial score (nSPS) is 5.95. The standard InChI is InChI=1S/5C2H4O2.Ca.2H/c5*1-2(3)4;;;/h5*1H3,(H,3,4);;;. The molecule has 21 heavy (non-hydrogen) atoms. The van der Waals surface area contributed by atoms with Gasteiger partial charge in [-0.25, -0.2) is 0 Å². The zero-order chi connectivity index (χ0) is 17.9. The molecule has 0 spiro atoms. The van der Waals surface area contributed by atoms with E-state index in [1.807, 2.05) is 0 Å². The molecule has 124 valence electrons. The molecule has 5 N–H and O–H groups in total. The van der Waals surface area contributed by atoms with Crippen LogP contribution in [0.3, 0.4) is 0 Å². The first-order valence-corrected chi connectivity index (χ1v) is 4.64. The Labute approximate surface area is 151 Å². The Bertz CT molecular complexity index is 211. The molecule has 0 saturated carbocycles. The fourth-order valence-corrected chi connectivity index (χ4v) is 0. The van der Waals surface area contributed by atoms with Gasteiger partial charge in [-0.1, -0.05) is 0 Å². The van der Waals surface area contributed by atoms with E-state index >= 15 is 0 Å². The fraction of sp³-hybridized carbons (Fsp3) is 0.500. The third-order valence-corrected chi connectivity index (χ3v) is 0. The second kappa shape index (κ2) is 31.2. The number of carboxylic acids is 5. The van der Waals surface area contributed by atoms with Gasteiger partial charge >= 0.3 is 37.7 Å². The van der Waals surface area contributed by atoms with Crippen molar-refractivity contribution in [2.75, 3.05) is 0 Å². The summed E-state index contributed by atoms with van der Waals surface area (Å²) < 4.78 is 0. The topological polar surface area (TPSA) is 186 Å². The number of carbonyl (C=O) groups is 5. The third kappa shape index (κ3) is 2660. The van der Waals surface area contributed by atoms with Crippen molar-refractivity contribution in [2.24, 2.45) is 0 Å². The molecular weight excluding hydrogens is 320 g/mol. The van der Waals surface area contributed by atoms with Crippen LogP contribution in [0.2, 0.25) is 0 Å². The van der Waals surface area contributed by atoms with Gasteiger partial charge in [-0.2, -0.15) is 0 Å². The first-order valence-electron chi connectivity index (χ1n) is 4.64. The molecule has 0 unspecified atom stereocenters. The van der Waals surface area contributed by atoms with Crippen molar-refractivity contribution >= 4 is 67.6 Å². The molecular formula is C10H22CaO10. The summed E-state index contributed by atoms with van der Waals surface area (Å²) in [6, 6.07) is 0. The second-order valence-corrected chi connectivity index (χ2v) is 2.60. The number of carboxylic acid groups (broad SMARTS) is 5. The second-order valence-electron chi connectivity index (χ2n) is 2.60. The van der Waals surface area contributed by atoms with Gasteiger partial charge in [0, 0.05) is 34.6 Å². The summed E-state index contributed by atoms with van der Waals surface area (Å²) in [5.74, 6) is -4.17. The predicted molar refractivity (Wildman–Crippen MR) is 75.1 cm³/mol. The van der Waals surface area contributed by atoms with Crippen LogP contribution in [0.15, 0.2) is 0 Å². The Morgan fingerprint density at radius 1 is 0.429 bits per heavy atom. The van der Waals surface area contributed by atoms with E-state index in [4.69, 9.17) is 49.5 Å². The monoisotopic (exact) mass is 342 g/mol. The van der Waals surface area contributed by atoms with E-state index in [1.54, 1.807) is 0 Å². The molecule has 0 aromatic heterocycles. The van der Waals surface area contributed by atoms with Crippen LogP contribution in [0.1, 0.15) is 34.6 Å². The Hall–Kier alpha value is -1.39. The van der Waals surface area contributed by atoms with E-state index in [2.05, 4.69) is 0 Å². The first kappa shape index (κ1) is 36.7. The van der Waals surface area contributed by atoms with Gasteiger partial charge in [0.2, 0.25) is 0 Å². The fourth-order valence-electron chi connectivity index (χ4n) is 0. The van der Waals surface area contributed by atoms with Crippen LogP contribution in [0.5, 0.6) is 0 Å². The predicted octanol–water partition coefficient (Wildman–Crippen LogP) is -0.462. The molecule has 0 aliphatic carbocycles. The van der Waals surface area contributed by atoms with Crippen LogP contribution in [0, 0.1) is 0 Å². The molecule has 0 aliphatic rings. The Morgan fingerprint density at radius 2 is 0.429 bits per heavy atom. The summed E-state index contributed by atoms with van der Waals surface area (Å²) in [5, 5.41) is 37.1. The summed E-state index contributed by atoms with van der Waals surface area (Å²) in [7, 11) is 0. The molecule has 0 heterocycles. The maximum atomic E-state index is 9.00. The van der Waals surface area contributed by atoms with E-state index in [-0.39, 0.29) is 37.7 Å². The molecule has 10 nitrogen and oxygen atoms in total. The molecule has 11 heteroatoms. The van der Waals surface area contributed by atoms with Gasteiger partial charge in [0.05, 0.1) is 0 Å². The van der Waals surface area contributed by atoms with Gasteiger partial charge in [-0.05, 0) is 0 Å².